The fourth-order valence-corrected chi connectivity index (χ4v) is 4.73. The minimum Gasteiger partial charge on any atom is -0.508 e. The Labute approximate surface area is 183 Å². The summed E-state index contributed by atoms with van der Waals surface area (Å²) < 4.78 is 40.2. The van der Waals surface area contributed by atoms with Crippen molar-refractivity contribution in [2.75, 3.05) is 0 Å². The number of carbonyl (C=O) groups excluding carboxylic acids is 3. The van der Waals surface area contributed by atoms with Gasteiger partial charge in [0.1, 0.15) is 22.8 Å². The fourth-order valence-electron chi connectivity index (χ4n) is 4.73. The number of aromatic hydroxyl groups is 2. The van der Waals surface area contributed by atoms with Crippen molar-refractivity contribution in [2.45, 2.75) is 37.5 Å². The van der Waals surface area contributed by atoms with Crippen molar-refractivity contribution in [2.24, 2.45) is 11.7 Å². The summed E-state index contributed by atoms with van der Waals surface area (Å²) in [6.07, 6.45) is -5.48. The van der Waals surface area contributed by atoms with Crippen LogP contribution in [-0.2, 0) is 16.0 Å². The molecule has 0 aliphatic heterocycles. The number of primary amides is 1. The Hall–Kier alpha value is -3.60. The van der Waals surface area contributed by atoms with Crippen molar-refractivity contribution in [3.63, 3.8) is 0 Å². The van der Waals surface area contributed by atoms with E-state index in [-0.39, 0.29) is 22.9 Å². The van der Waals surface area contributed by atoms with Gasteiger partial charge in [-0.05, 0) is 42.0 Å². The first-order valence-electron chi connectivity index (χ1n) is 9.82. The molecule has 0 saturated heterocycles. The quantitative estimate of drug-likeness (QED) is 0.426. The lowest BCUT2D eigenvalue weighted by atomic mass is 9.64. The van der Waals surface area contributed by atoms with Crippen LogP contribution in [0, 0.1) is 5.92 Å². The Morgan fingerprint density at radius 2 is 1.82 bits per heavy atom. The van der Waals surface area contributed by atoms with E-state index in [1.807, 2.05) is 0 Å². The Balaban J connectivity index is 2.02. The summed E-state index contributed by atoms with van der Waals surface area (Å²) in [5.74, 6) is -9.50. The molecule has 6 N–H and O–H groups in total. The Morgan fingerprint density at radius 3 is 2.39 bits per heavy atom. The normalized spacial score (nSPS) is 24.0. The van der Waals surface area contributed by atoms with Crippen LogP contribution in [-0.4, -0.2) is 49.7 Å². The van der Waals surface area contributed by atoms with E-state index >= 15 is 0 Å². The predicted molar refractivity (Wildman–Crippen MR) is 107 cm³/mol. The van der Waals surface area contributed by atoms with E-state index in [1.54, 1.807) is 0 Å². The van der Waals surface area contributed by atoms with Gasteiger partial charge in [0.15, 0.2) is 11.4 Å². The molecule has 0 bridgehead atoms. The molecule has 0 heterocycles. The summed E-state index contributed by atoms with van der Waals surface area (Å²) in [5.41, 5.74) is 0.613. The van der Waals surface area contributed by atoms with Crippen molar-refractivity contribution in [3.05, 3.63) is 46.2 Å². The van der Waals surface area contributed by atoms with Crippen LogP contribution in [0.3, 0.4) is 0 Å². The summed E-state index contributed by atoms with van der Waals surface area (Å²) in [4.78, 5) is 37.2. The van der Waals surface area contributed by atoms with Gasteiger partial charge in [0.05, 0.1) is 16.9 Å². The van der Waals surface area contributed by atoms with Gasteiger partial charge in [0.25, 0.3) is 5.91 Å². The maximum Gasteiger partial charge on any atom is 0.395 e. The number of aliphatic hydroxyl groups excluding tert-OH is 1. The fraction of sp³-hybridized carbons (Fsp3) is 0.318. The highest BCUT2D eigenvalue weighted by Crippen LogP contribution is 2.50. The summed E-state index contributed by atoms with van der Waals surface area (Å²) in [6.45, 7) is 0.903. The molecular formula is C22H18F3NO7. The van der Waals surface area contributed by atoms with Crippen molar-refractivity contribution < 1.29 is 48.0 Å². The van der Waals surface area contributed by atoms with Gasteiger partial charge in [0, 0.05) is 12.3 Å². The van der Waals surface area contributed by atoms with Crippen LogP contribution in [0.2, 0.25) is 0 Å². The monoisotopic (exact) mass is 465 g/mol. The van der Waals surface area contributed by atoms with Crippen LogP contribution in [0.25, 0.3) is 10.8 Å². The van der Waals surface area contributed by atoms with Crippen LogP contribution in [0.15, 0.2) is 29.5 Å². The number of hydrogen-bond acceptors (Lipinski definition) is 7. The number of benzene rings is 2. The molecule has 174 valence electrons. The zero-order valence-electron chi connectivity index (χ0n) is 17.0. The topological polar surface area (TPSA) is 158 Å². The van der Waals surface area contributed by atoms with E-state index in [0.717, 1.165) is 19.1 Å². The van der Waals surface area contributed by atoms with Gasteiger partial charge in [-0.3, -0.25) is 14.4 Å². The standard InChI is InChI=1S/C22H18F3NO7/c1-7(22(23,24)25)10-2-3-12(27)15-11(10)5-8-4-9-6-13(28)16(20(26)32)19(31)21(9,33)18(30)14(8)17(15)29/h2-3,5,7,9,27,29,31,33H,4,6H2,1H3,(H2,26,32)/t7?,9-,21-/m0/s1. The van der Waals surface area contributed by atoms with Gasteiger partial charge < -0.3 is 26.2 Å². The van der Waals surface area contributed by atoms with Crippen LogP contribution in [0.5, 0.6) is 11.5 Å². The van der Waals surface area contributed by atoms with Crippen LogP contribution in [0.4, 0.5) is 13.2 Å². The third kappa shape index (κ3) is 2.99. The minimum atomic E-state index is -4.64. The second kappa shape index (κ2) is 6.95. The van der Waals surface area contributed by atoms with Gasteiger partial charge in [-0.25, -0.2) is 0 Å². The average Bonchev–Trinajstić information content (AvgIpc) is 2.69. The van der Waals surface area contributed by atoms with Crippen molar-refractivity contribution >= 4 is 28.2 Å². The summed E-state index contributed by atoms with van der Waals surface area (Å²) in [6, 6.07) is 3.19. The SMILES string of the molecule is CC(c1ccc(O)c2c(O)c3c(cc12)C[C@H]1CC(=O)C(C(N)=O)=C(O)[C@@]1(O)C3=O)C(F)(F)F. The number of hydrogen-bond donors (Lipinski definition) is 5. The molecule has 4 rings (SSSR count). The van der Waals surface area contributed by atoms with E-state index in [4.69, 9.17) is 5.73 Å². The van der Waals surface area contributed by atoms with E-state index in [9.17, 15) is 48.0 Å². The molecule has 8 nitrogen and oxygen atoms in total. The number of fused-ring (bicyclic) bond motifs is 3. The van der Waals surface area contributed by atoms with Gasteiger partial charge >= 0.3 is 6.18 Å². The second-order valence-electron chi connectivity index (χ2n) is 8.33. The van der Waals surface area contributed by atoms with Crippen molar-refractivity contribution in [1.29, 1.82) is 0 Å². The highest BCUT2D eigenvalue weighted by atomic mass is 19.4. The Morgan fingerprint density at radius 1 is 1.18 bits per heavy atom. The molecule has 11 heteroatoms. The zero-order chi connectivity index (χ0) is 24.6. The molecule has 3 atom stereocenters. The molecule has 1 amide bonds. The number of amides is 1. The van der Waals surface area contributed by atoms with E-state index in [2.05, 4.69) is 0 Å². The average molecular weight is 465 g/mol. The lowest BCUT2D eigenvalue weighted by Gasteiger charge is -2.41. The number of phenolic OH excluding ortho intramolecular Hbond substituents is 2. The first-order chi connectivity index (χ1) is 15.2. The number of aliphatic hydroxyl groups is 2. The van der Waals surface area contributed by atoms with E-state index in [1.165, 1.54) is 6.07 Å². The third-order valence-corrected chi connectivity index (χ3v) is 6.51. The molecule has 1 unspecified atom stereocenters. The highest BCUT2D eigenvalue weighted by Gasteiger charge is 2.58. The highest BCUT2D eigenvalue weighted by molar-refractivity contribution is 6.23. The maximum atomic E-state index is 13.4. The number of rotatable bonds is 2. The van der Waals surface area contributed by atoms with E-state index in [0.29, 0.717) is 0 Å². The van der Waals surface area contributed by atoms with Gasteiger partial charge in [-0.15, -0.1) is 0 Å². The number of Topliss-reactive ketones (excluding diaryl/α,β-unsaturated/α-hetero) is 2. The first-order valence-corrected chi connectivity index (χ1v) is 9.82. The number of ketones is 2. The molecule has 0 radical (unpaired) electrons. The summed E-state index contributed by atoms with van der Waals surface area (Å²) in [5, 5.41) is 42.1. The van der Waals surface area contributed by atoms with Crippen molar-refractivity contribution in [1.82, 2.24) is 0 Å². The Kier molecular flexibility index (Phi) is 4.76. The zero-order valence-corrected chi connectivity index (χ0v) is 17.0. The number of phenols is 2. The van der Waals surface area contributed by atoms with Crippen LogP contribution in [0.1, 0.15) is 40.7 Å². The molecule has 0 fully saturated rings. The van der Waals surface area contributed by atoms with Gasteiger partial charge in [-0.2, -0.15) is 13.2 Å². The molecule has 2 aliphatic carbocycles. The molecule has 33 heavy (non-hydrogen) atoms. The largest absolute Gasteiger partial charge is 0.508 e. The Bertz CT molecular complexity index is 1300. The maximum absolute atomic E-state index is 13.4. The molecule has 0 spiro atoms. The third-order valence-electron chi connectivity index (χ3n) is 6.51. The number of halogens is 3. The lowest BCUT2D eigenvalue weighted by Crippen LogP contribution is -2.56. The molecule has 0 saturated carbocycles. The molecule has 2 aliphatic rings. The first kappa shape index (κ1) is 22.6. The molecular weight excluding hydrogens is 447 g/mol. The van der Waals surface area contributed by atoms with Crippen molar-refractivity contribution in [3.8, 4) is 11.5 Å². The molecule has 2 aromatic carbocycles. The second-order valence-corrected chi connectivity index (χ2v) is 8.33. The van der Waals surface area contributed by atoms with E-state index < -0.39 is 81.3 Å². The molecule has 2 aromatic rings. The number of alkyl halides is 3. The molecule has 0 aromatic heterocycles. The predicted octanol–water partition coefficient (Wildman–Crippen LogP) is 2.27. The smallest absolute Gasteiger partial charge is 0.395 e. The minimum absolute atomic E-state index is 0.0176. The van der Waals surface area contributed by atoms with Gasteiger partial charge in [0.2, 0.25) is 5.78 Å². The van der Waals surface area contributed by atoms with Crippen LogP contribution >= 0.6 is 0 Å². The number of nitrogens with two attached hydrogens (primary N) is 1. The number of carbonyl (C=O) groups is 3. The lowest BCUT2D eigenvalue weighted by molar-refractivity contribution is -0.146. The summed E-state index contributed by atoms with van der Waals surface area (Å²) in [7, 11) is 0. The van der Waals surface area contributed by atoms with Crippen LogP contribution < -0.4 is 5.73 Å². The summed E-state index contributed by atoms with van der Waals surface area (Å²) >= 11 is 0. The van der Waals surface area contributed by atoms with Gasteiger partial charge in [-0.1, -0.05) is 6.07 Å².